The Kier molecular flexibility index (Phi) is 6.80. The minimum absolute atomic E-state index is 0.0404. The molecule has 27 heavy (non-hydrogen) atoms. The maximum absolute atomic E-state index is 12.4. The number of nitrogens with one attached hydrogen (secondary N) is 1. The summed E-state index contributed by atoms with van der Waals surface area (Å²) in [6, 6.07) is 12.3. The Balaban J connectivity index is 1.60. The molecule has 1 unspecified atom stereocenters. The summed E-state index contributed by atoms with van der Waals surface area (Å²) >= 11 is 0. The van der Waals surface area contributed by atoms with Gasteiger partial charge in [0.05, 0.1) is 11.6 Å². The number of carbonyl (C=O) groups is 1. The molecule has 2 aromatic rings. The lowest BCUT2D eigenvalue weighted by molar-refractivity contribution is -0.125. The molecule has 2 heterocycles. The van der Waals surface area contributed by atoms with E-state index < -0.39 is 0 Å². The van der Waals surface area contributed by atoms with Crippen LogP contribution in [-0.2, 0) is 4.79 Å². The topological polar surface area (TPSA) is 58.1 Å². The Morgan fingerprint density at radius 3 is 2.85 bits per heavy atom. The van der Waals surface area contributed by atoms with Crippen molar-refractivity contribution in [3.63, 3.8) is 0 Å². The van der Waals surface area contributed by atoms with Crippen molar-refractivity contribution < 1.29 is 4.79 Å². The fraction of sp³-hybridized carbons (Fsp3) is 0.500. The van der Waals surface area contributed by atoms with Gasteiger partial charge in [0.15, 0.2) is 5.82 Å². The number of piperidine rings is 1. The Bertz CT molecular complexity index is 744. The second-order valence-corrected chi connectivity index (χ2v) is 7.43. The van der Waals surface area contributed by atoms with Gasteiger partial charge in [-0.15, -0.1) is 10.2 Å². The van der Waals surface area contributed by atoms with Crippen LogP contribution >= 0.6 is 0 Å². The fourth-order valence-corrected chi connectivity index (χ4v) is 3.58. The molecule has 5 nitrogen and oxygen atoms in total. The molecule has 0 aliphatic carbocycles. The highest BCUT2D eigenvalue weighted by molar-refractivity contribution is 5.79. The van der Waals surface area contributed by atoms with Crippen molar-refractivity contribution in [1.82, 2.24) is 15.5 Å². The Morgan fingerprint density at radius 1 is 1.22 bits per heavy atom. The van der Waals surface area contributed by atoms with Gasteiger partial charge in [0.2, 0.25) is 5.91 Å². The molecule has 1 fully saturated rings. The van der Waals surface area contributed by atoms with Gasteiger partial charge in [-0.2, -0.15) is 0 Å². The van der Waals surface area contributed by atoms with Gasteiger partial charge in [0.1, 0.15) is 0 Å². The highest BCUT2D eigenvalue weighted by Crippen LogP contribution is 2.23. The van der Waals surface area contributed by atoms with E-state index >= 15 is 0 Å². The molecule has 1 saturated heterocycles. The number of carbonyl (C=O) groups excluding carboxylic acids is 1. The zero-order valence-electron chi connectivity index (χ0n) is 16.4. The Labute approximate surface area is 162 Å². The third-order valence-electron chi connectivity index (χ3n) is 5.16. The molecule has 1 aromatic carbocycles. The van der Waals surface area contributed by atoms with E-state index in [1.54, 1.807) is 0 Å². The summed E-state index contributed by atoms with van der Waals surface area (Å²) in [6.07, 6.45) is 5.36. The van der Waals surface area contributed by atoms with Gasteiger partial charge in [-0.1, -0.05) is 43.5 Å². The average molecular weight is 367 g/mol. The summed E-state index contributed by atoms with van der Waals surface area (Å²) < 4.78 is 0. The minimum atomic E-state index is 0.0404. The van der Waals surface area contributed by atoms with E-state index in [1.165, 1.54) is 18.4 Å². The summed E-state index contributed by atoms with van der Waals surface area (Å²) in [5, 5.41) is 11.9. The van der Waals surface area contributed by atoms with E-state index in [0.29, 0.717) is 0 Å². The average Bonchev–Trinajstić information content (AvgIpc) is 2.71. The highest BCUT2D eigenvalue weighted by atomic mass is 16.1. The second-order valence-electron chi connectivity index (χ2n) is 7.43. The zero-order valence-corrected chi connectivity index (χ0v) is 16.4. The van der Waals surface area contributed by atoms with Crippen molar-refractivity contribution >= 4 is 11.7 Å². The predicted octanol–water partition coefficient (Wildman–Crippen LogP) is 3.97. The molecule has 1 aliphatic rings. The van der Waals surface area contributed by atoms with Gasteiger partial charge in [-0.3, -0.25) is 4.79 Å². The number of unbranched alkanes of at least 4 members (excludes halogenated alkanes) is 2. The summed E-state index contributed by atoms with van der Waals surface area (Å²) in [4.78, 5) is 14.6. The SMILES string of the molecule is CCCCCNC(=O)C1CCCN(c2ccc(-c3cccc(C)c3)nn2)C1. The smallest absolute Gasteiger partial charge is 0.224 e. The molecule has 0 saturated carbocycles. The van der Waals surface area contributed by atoms with Crippen molar-refractivity contribution in [2.45, 2.75) is 46.0 Å². The van der Waals surface area contributed by atoms with Crippen LogP contribution in [0.2, 0.25) is 0 Å². The number of aryl methyl sites for hydroxylation is 1. The number of nitrogens with zero attached hydrogens (tertiary/aromatic N) is 3. The fourth-order valence-electron chi connectivity index (χ4n) is 3.58. The summed E-state index contributed by atoms with van der Waals surface area (Å²) in [7, 11) is 0. The quantitative estimate of drug-likeness (QED) is 0.753. The number of benzene rings is 1. The lowest BCUT2D eigenvalue weighted by Gasteiger charge is -2.32. The van der Waals surface area contributed by atoms with Crippen LogP contribution in [0.15, 0.2) is 36.4 Å². The lowest BCUT2D eigenvalue weighted by atomic mass is 9.97. The van der Waals surface area contributed by atoms with Gasteiger partial charge in [0.25, 0.3) is 0 Å². The molecule has 144 valence electrons. The molecule has 0 bridgehead atoms. The number of anilines is 1. The lowest BCUT2D eigenvalue weighted by Crippen LogP contribution is -2.43. The van der Waals surface area contributed by atoms with Crippen LogP contribution in [0.3, 0.4) is 0 Å². The molecule has 1 atom stereocenters. The van der Waals surface area contributed by atoms with E-state index in [-0.39, 0.29) is 11.8 Å². The molecule has 3 rings (SSSR count). The maximum atomic E-state index is 12.4. The minimum Gasteiger partial charge on any atom is -0.356 e. The van der Waals surface area contributed by atoms with Crippen LogP contribution < -0.4 is 10.2 Å². The first-order valence-electron chi connectivity index (χ1n) is 10.1. The van der Waals surface area contributed by atoms with Gasteiger partial charge >= 0.3 is 0 Å². The molecule has 1 N–H and O–H groups in total. The van der Waals surface area contributed by atoms with Crippen molar-refractivity contribution in [3.05, 3.63) is 42.0 Å². The van der Waals surface area contributed by atoms with E-state index in [4.69, 9.17) is 0 Å². The molecule has 1 aromatic heterocycles. The van der Waals surface area contributed by atoms with Crippen molar-refractivity contribution in [2.75, 3.05) is 24.5 Å². The molecule has 1 amide bonds. The number of amides is 1. The summed E-state index contributed by atoms with van der Waals surface area (Å²) in [5.74, 6) is 1.08. The first kappa shape index (κ1) is 19.3. The molecular weight excluding hydrogens is 336 g/mol. The normalized spacial score (nSPS) is 17.0. The van der Waals surface area contributed by atoms with Gasteiger partial charge in [-0.05, 0) is 44.4 Å². The Hall–Kier alpha value is -2.43. The van der Waals surface area contributed by atoms with E-state index in [9.17, 15) is 4.79 Å². The first-order valence-corrected chi connectivity index (χ1v) is 10.1. The van der Waals surface area contributed by atoms with Crippen molar-refractivity contribution in [3.8, 4) is 11.3 Å². The zero-order chi connectivity index (χ0) is 19.1. The number of hydrogen-bond donors (Lipinski definition) is 1. The molecule has 0 radical (unpaired) electrons. The third-order valence-corrected chi connectivity index (χ3v) is 5.16. The largest absolute Gasteiger partial charge is 0.356 e. The van der Waals surface area contributed by atoms with E-state index in [2.05, 4.69) is 52.5 Å². The van der Waals surface area contributed by atoms with Crippen LogP contribution in [0.1, 0.15) is 44.6 Å². The van der Waals surface area contributed by atoms with Gasteiger partial charge in [-0.25, -0.2) is 0 Å². The summed E-state index contributed by atoms with van der Waals surface area (Å²) in [6.45, 7) is 6.68. The van der Waals surface area contributed by atoms with Crippen molar-refractivity contribution in [1.29, 1.82) is 0 Å². The Morgan fingerprint density at radius 2 is 2.11 bits per heavy atom. The molecule has 1 aliphatic heterocycles. The van der Waals surface area contributed by atoms with Gasteiger partial charge in [0, 0.05) is 25.2 Å². The first-order chi connectivity index (χ1) is 13.2. The monoisotopic (exact) mass is 366 g/mol. The van der Waals surface area contributed by atoms with E-state index in [0.717, 1.165) is 56.0 Å². The van der Waals surface area contributed by atoms with Crippen LogP contribution in [0.4, 0.5) is 5.82 Å². The standard InChI is InChI=1S/C22H30N4O/c1-3-4-5-13-23-22(27)19-10-7-14-26(16-19)21-12-11-20(24-25-21)18-9-6-8-17(2)15-18/h6,8-9,11-12,15,19H,3-5,7,10,13-14,16H2,1-2H3,(H,23,27). The van der Waals surface area contributed by atoms with Gasteiger partial charge < -0.3 is 10.2 Å². The van der Waals surface area contributed by atoms with E-state index in [1.807, 2.05) is 18.2 Å². The maximum Gasteiger partial charge on any atom is 0.224 e. The van der Waals surface area contributed by atoms with Crippen LogP contribution in [0.25, 0.3) is 11.3 Å². The summed E-state index contributed by atoms with van der Waals surface area (Å²) in [5.41, 5.74) is 3.17. The molecule has 0 spiro atoms. The van der Waals surface area contributed by atoms with Crippen LogP contribution in [0.5, 0.6) is 0 Å². The predicted molar refractivity (Wildman–Crippen MR) is 110 cm³/mol. The van der Waals surface area contributed by atoms with Crippen LogP contribution in [0, 0.1) is 12.8 Å². The second kappa shape index (κ2) is 9.49. The van der Waals surface area contributed by atoms with Crippen LogP contribution in [-0.4, -0.2) is 35.7 Å². The number of aromatic nitrogens is 2. The third kappa shape index (κ3) is 5.28. The molecule has 5 heteroatoms. The van der Waals surface area contributed by atoms with Crippen molar-refractivity contribution in [2.24, 2.45) is 5.92 Å². The highest BCUT2D eigenvalue weighted by Gasteiger charge is 2.26. The number of hydrogen-bond acceptors (Lipinski definition) is 4. The molecular formula is C22H30N4O. The number of rotatable bonds is 7.